The largest absolute Gasteiger partial charge is 0.567 e. The molecule has 8 N–H and O–H groups in total. The number of phosphoric acid groups is 2. The lowest BCUT2D eigenvalue weighted by Gasteiger charge is -2.43. The summed E-state index contributed by atoms with van der Waals surface area (Å²) in [5.74, 6) is 0. The highest BCUT2D eigenvalue weighted by Gasteiger charge is 2.57. The van der Waals surface area contributed by atoms with Crippen LogP contribution in [-0.2, 0) is 32.2 Å². The Morgan fingerprint density at radius 2 is 1.44 bits per heavy atom. The molecule has 150 valence electrons. The van der Waals surface area contributed by atoms with Crippen LogP contribution in [0.2, 0.25) is 0 Å². The van der Waals surface area contributed by atoms with Gasteiger partial charge in [0.2, 0.25) is 0 Å². The summed E-state index contributed by atoms with van der Waals surface area (Å²) in [7, 11) is -14.7. The van der Waals surface area contributed by atoms with Crippen LogP contribution in [0.4, 0.5) is 0 Å². The molecule has 1 aliphatic heterocycles. The van der Waals surface area contributed by atoms with Gasteiger partial charge in [-0.25, -0.2) is 9.13 Å². The molecule has 1 rings (SSSR count). The Hall–Kier alpha value is 0.370. The van der Waals surface area contributed by atoms with Crippen molar-refractivity contribution in [3.8, 4) is 0 Å². The van der Waals surface area contributed by atoms with Crippen LogP contribution in [0.25, 0.3) is 0 Å². The van der Waals surface area contributed by atoms with Gasteiger partial charge in [-0.05, 0) is 0 Å². The molecule has 0 radical (unpaired) electrons. The number of rotatable bonds is 8. The van der Waals surface area contributed by atoms with E-state index in [1.165, 1.54) is 0 Å². The fraction of sp³-hybridized carbons (Fsp3) is 1.00. The van der Waals surface area contributed by atoms with Gasteiger partial charge in [-0.1, -0.05) is 0 Å². The van der Waals surface area contributed by atoms with E-state index in [1.807, 2.05) is 0 Å². The highest BCUT2D eigenvalue weighted by atomic mass is 31.2. The van der Waals surface area contributed by atoms with Crippen molar-refractivity contribution in [2.24, 2.45) is 0 Å². The van der Waals surface area contributed by atoms with Gasteiger partial charge in [0.05, 0.1) is 6.61 Å². The third-order valence-corrected chi connectivity index (χ3v) is 4.35. The molecule has 0 aromatic rings. The van der Waals surface area contributed by atoms with E-state index in [0.717, 1.165) is 7.11 Å². The van der Waals surface area contributed by atoms with E-state index >= 15 is 0 Å². The van der Waals surface area contributed by atoms with E-state index in [0.29, 0.717) is 0 Å². The first-order valence-corrected chi connectivity index (χ1v) is 10.8. The summed E-state index contributed by atoms with van der Waals surface area (Å²) >= 11 is 0. The predicted octanol–water partition coefficient (Wildman–Crippen LogP) is -2.65. The average molecular weight is 435 g/mol. The molecule has 0 saturated carbocycles. The van der Waals surface area contributed by atoms with Crippen molar-refractivity contribution in [2.75, 3.05) is 13.7 Å². The third kappa shape index (κ3) is 7.87. The second-order valence-electron chi connectivity index (χ2n) is 4.67. The van der Waals surface area contributed by atoms with E-state index in [1.54, 1.807) is 0 Å². The number of methoxy groups -OCH3 is 1. The first-order valence-electron chi connectivity index (χ1n) is 6.19. The first kappa shape index (κ1) is 23.4. The molecule has 1 fully saturated rings. The number of ether oxygens (including phenoxy) is 2. The minimum Gasteiger partial charge on any atom is -0.394 e. The Kier molecular flexibility index (Phi) is 8.04. The molecular weight excluding hydrogens is 417 g/mol. The number of aliphatic hydroxyl groups excluding tert-OH is 1. The minimum atomic E-state index is -5.35. The molecule has 3 unspecified atom stereocenters. The van der Waals surface area contributed by atoms with E-state index in [-0.39, 0.29) is 0 Å². The topological polar surface area (TPSA) is 242 Å². The smallest absolute Gasteiger partial charge is 0.394 e. The minimum absolute atomic E-state index is 0.962. The molecule has 0 amide bonds. The Balaban J connectivity index is 3.32. The summed E-state index contributed by atoms with van der Waals surface area (Å²) in [6.45, 7) is -0.962. The van der Waals surface area contributed by atoms with Crippen LogP contribution in [-0.4, -0.2) is 83.8 Å². The summed E-state index contributed by atoms with van der Waals surface area (Å²) < 4.78 is 45.1. The maximum absolute atomic E-state index is 11.2. The lowest BCUT2D eigenvalue weighted by molar-refractivity contribution is -0.286. The molecule has 1 aliphatic rings. The quantitative estimate of drug-likeness (QED) is 0.181. The highest BCUT2D eigenvalue weighted by molar-refractivity contribution is 7.53. The van der Waals surface area contributed by atoms with Crippen molar-refractivity contribution in [3.63, 3.8) is 0 Å². The van der Waals surface area contributed by atoms with Crippen molar-refractivity contribution < 1.29 is 71.5 Å². The number of phosphoric ester groups is 2. The van der Waals surface area contributed by atoms with Crippen LogP contribution >= 0.6 is 23.8 Å². The Morgan fingerprint density at radius 1 is 0.960 bits per heavy atom. The number of hydrogen-bond donors (Lipinski definition) is 8. The van der Waals surface area contributed by atoms with Crippen molar-refractivity contribution in [2.45, 2.75) is 30.7 Å². The van der Waals surface area contributed by atoms with Gasteiger partial charge in [0.15, 0.2) is 12.4 Å². The van der Waals surface area contributed by atoms with Crippen LogP contribution in [0.15, 0.2) is 0 Å². The van der Waals surface area contributed by atoms with Crippen LogP contribution in [0.3, 0.4) is 0 Å². The van der Waals surface area contributed by atoms with Crippen molar-refractivity contribution in [1.82, 2.24) is 0 Å². The Labute approximate surface area is 140 Å². The normalized spacial score (nSPS) is 32.0. The average Bonchev–Trinajstić information content (AvgIpc) is 2.38. The second-order valence-corrected chi connectivity index (χ2v) is 8.29. The lowest BCUT2D eigenvalue weighted by Crippen LogP contribution is -2.61. The van der Waals surface area contributed by atoms with E-state index < -0.39 is 61.1 Å². The number of aliphatic hydroxyl groups is 1. The molecular formula is C7H18O15P3+. The summed E-state index contributed by atoms with van der Waals surface area (Å²) in [4.78, 5) is 62.9. The van der Waals surface area contributed by atoms with Gasteiger partial charge in [0.1, 0.15) is 18.3 Å². The third-order valence-electron chi connectivity index (χ3n) is 2.78. The number of hydrogen-bond acceptors (Lipinski definition) is 11. The summed E-state index contributed by atoms with van der Waals surface area (Å²) in [6.07, 6.45) is -9.56. The molecule has 0 bridgehead atoms. The fourth-order valence-electron chi connectivity index (χ4n) is 2.06. The standard InChI is InChI=1S/C7H17O15P3/c1-18-7-6(22-25(15,16)17)5(21-24(12,13)14)4(3(2-8)19-7)20-23(9,10)11/h3-8,15-17H,2H2,1H3,(H3-,9,10,11,12,13,14)/p+1/t3?,4-,5?,6?,7+/m1/s1. The van der Waals surface area contributed by atoms with E-state index in [4.69, 9.17) is 43.7 Å². The van der Waals surface area contributed by atoms with Gasteiger partial charge in [-0.2, -0.15) is 14.7 Å². The summed E-state index contributed by atoms with van der Waals surface area (Å²) in [6, 6.07) is 0. The van der Waals surface area contributed by atoms with Gasteiger partial charge in [0.25, 0.3) is 0 Å². The molecule has 5 atom stereocenters. The zero-order valence-corrected chi connectivity index (χ0v) is 15.1. The maximum Gasteiger partial charge on any atom is 0.567 e. The first-order chi connectivity index (χ1) is 11.2. The van der Waals surface area contributed by atoms with Gasteiger partial charge < -0.3 is 34.2 Å². The molecule has 1 heterocycles. The predicted molar refractivity (Wildman–Crippen MR) is 75.0 cm³/mol. The summed E-state index contributed by atoms with van der Waals surface area (Å²) in [5.41, 5.74) is 0. The summed E-state index contributed by atoms with van der Waals surface area (Å²) in [5, 5.41) is 9.26. The van der Waals surface area contributed by atoms with Crippen molar-refractivity contribution >= 4 is 23.8 Å². The maximum atomic E-state index is 11.2. The van der Waals surface area contributed by atoms with E-state index in [9.17, 15) is 14.2 Å². The van der Waals surface area contributed by atoms with E-state index in [2.05, 4.69) is 13.6 Å². The SMILES string of the molecule is CO[C@H]1OC(CO)[C@@H](OP(=O)(O)O)C(OP(=O)(O)O)C1O[P+](O)(O)O. The van der Waals surface area contributed by atoms with Gasteiger partial charge in [0, 0.05) is 7.11 Å². The molecule has 25 heavy (non-hydrogen) atoms. The monoisotopic (exact) mass is 435 g/mol. The zero-order valence-electron chi connectivity index (χ0n) is 12.4. The second kappa shape index (κ2) is 8.59. The van der Waals surface area contributed by atoms with Gasteiger partial charge >= 0.3 is 23.8 Å². The molecule has 0 aliphatic carbocycles. The molecule has 0 aromatic heterocycles. The molecule has 0 spiro atoms. The molecule has 18 heteroatoms. The van der Waals surface area contributed by atoms with Crippen LogP contribution in [0.1, 0.15) is 0 Å². The van der Waals surface area contributed by atoms with Crippen LogP contribution < -0.4 is 0 Å². The fourth-order valence-corrected chi connectivity index (χ4v) is 3.73. The van der Waals surface area contributed by atoms with Gasteiger partial charge in [-0.15, -0.1) is 4.52 Å². The molecule has 15 nitrogen and oxygen atoms in total. The van der Waals surface area contributed by atoms with Crippen LogP contribution in [0, 0.1) is 0 Å². The Bertz CT molecular complexity index is 522. The lowest BCUT2D eigenvalue weighted by atomic mass is 9.99. The highest BCUT2D eigenvalue weighted by Crippen LogP contribution is 2.53. The molecule has 1 saturated heterocycles. The van der Waals surface area contributed by atoms with Crippen molar-refractivity contribution in [1.29, 1.82) is 0 Å². The van der Waals surface area contributed by atoms with Crippen LogP contribution in [0.5, 0.6) is 0 Å². The zero-order chi connectivity index (χ0) is 19.6. The van der Waals surface area contributed by atoms with Crippen molar-refractivity contribution in [3.05, 3.63) is 0 Å². The molecule has 0 aromatic carbocycles. The van der Waals surface area contributed by atoms with Gasteiger partial charge in [-0.3, -0.25) is 9.05 Å². The Morgan fingerprint density at radius 3 is 1.80 bits per heavy atom.